The van der Waals surface area contributed by atoms with E-state index in [0.717, 1.165) is 12.9 Å². The molecule has 0 aliphatic carbocycles. The SMILES string of the molecule is O[B]c1cc[nH]c1. The van der Waals surface area contributed by atoms with E-state index in [1.54, 1.807) is 18.5 Å². The molecule has 2 N–H and O–H groups in total. The molecule has 1 rings (SSSR count). The minimum atomic E-state index is 0.806. The average Bonchev–Trinajstić information content (AvgIpc) is 2.14. The molecule has 1 aromatic heterocycles. The summed E-state index contributed by atoms with van der Waals surface area (Å²) in [6.45, 7) is 0. The maximum absolute atomic E-state index is 8.28. The Labute approximate surface area is 42.5 Å². The molecule has 0 fully saturated rings. The van der Waals surface area contributed by atoms with Gasteiger partial charge in [0, 0.05) is 6.20 Å². The Morgan fingerprint density at radius 1 is 1.71 bits per heavy atom. The van der Waals surface area contributed by atoms with Crippen LogP contribution in [0.4, 0.5) is 0 Å². The van der Waals surface area contributed by atoms with Crippen molar-refractivity contribution in [2.45, 2.75) is 0 Å². The summed E-state index contributed by atoms with van der Waals surface area (Å²) in [6.07, 6.45) is 3.46. The van der Waals surface area contributed by atoms with Gasteiger partial charge in [0.05, 0.1) is 0 Å². The van der Waals surface area contributed by atoms with Crippen LogP contribution in [-0.2, 0) is 0 Å². The number of aromatic nitrogens is 1. The van der Waals surface area contributed by atoms with Gasteiger partial charge in [0.2, 0.25) is 0 Å². The fourth-order valence-corrected chi connectivity index (χ4v) is 0.417. The third-order valence-electron chi connectivity index (χ3n) is 0.771. The van der Waals surface area contributed by atoms with E-state index in [1.807, 2.05) is 0 Å². The van der Waals surface area contributed by atoms with Crippen LogP contribution in [-0.4, -0.2) is 17.5 Å². The molecule has 1 heterocycles. The number of hydrogen-bond donors (Lipinski definition) is 2. The van der Waals surface area contributed by atoms with Gasteiger partial charge in [-0.2, -0.15) is 0 Å². The quantitative estimate of drug-likeness (QED) is 0.441. The highest BCUT2D eigenvalue weighted by Crippen LogP contribution is 1.70. The van der Waals surface area contributed by atoms with E-state index >= 15 is 0 Å². The molecule has 0 aliphatic heterocycles. The summed E-state index contributed by atoms with van der Waals surface area (Å²) < 4.78 is 0. The van der Waals surface area contributed by atoms with Crippen LogP contribution in [0.3, 0.4) is 0 Å². The Balaban J connectivity index is 2.76. The minimum Gasteiger partial charge on any atom is -0.450 e. The molecule has 0 aliphatic rings. The third-order valence-corrected chi connectivity index (χ3v) is 0.771. The van der Waals surface area contributed by atoms with Gasteiger partial charge in [-0.15, -0.1) is 0 Å². The van der Waals surface area contributed by atoms with Crippen molar-refractivity contribution in [2.24, 2.45) is 0 Å². The molecule has 7 heavy (non-hydrogen) atoms. The predicted octanol–water partition coefficient (Wildman–Crippen LogP) is -0.749. The van der Waals surface area contributed by atoms with Crippen LogP contribution >= 0.6 is 0 Å². The van der Waals surface area contributed by atoms with Gasteiger partial charge >= 0.3 is 7.48 Å². The van der Waals surface area contributed by atoms with E-state index in [4.69, 9.17) is 5.02 Å². The van der Waals surface area contributed by atoms with E-state index in [-0.39, 0.29) is 0 Å². The van der Waals surface area contributed by atoms with Crippen molar-refractivity contribution in [1.29, 1.82) is 0 Å². The second-order valence-electron chi connectivity index (χ2n) is 1.27. The molecule has 0 amide bonds. The molecule has 0 aromatic carbocycles. The van der Waals surface area contributed by atoms with Gasteiger partial charge in [-0.25, -0.2) is 0 Å². The first-order valence-electron chi connectivity index (χ1n) is 2.03. The van der Waals surface area contributed by atoms with Crippen molar-refractivity contribution in [3.05, 3.63) is 18.5 Å². The summed E-state index contributed by atoms with van der Waals surface area (Å²) in [5, 5.41) is 8.28. The fraction of sp³-hybridized carbons (Fsp3) is 0. The maximum atomic E-state index is 8.28. The molecule has 0 saturated carbocycles. The lowest BCUT2D eigenvalue weighted by Gasteiger charge is -1.74. The highest BCUT2D eigenvalue weighted by molar-refractivity contribution is 6.45. The standard InChI is InChI=1S/C4H5BNO/c7-5-4-1-2-6-3-4/h1-3,6-7H. The summed E-state index contributed by atoms with van der Waals surface area (Å²) >= 11 is 0. The predicted molar refractivity (Wildman–Crippen MR) is 28.4 cm³/mol. The molecular formula is C4H5BNO. The summed E-state index contributed by atoms with van der Waals surface area (Å²) in [5.41, 5.74) is 0.806. The van der Waals surface area contributed by atoms with Gasteiger partial charge in [0.15, 0.2) is 0 Å². The first kappa shape index (κ1) is 4.46. The van der Waals surface area contributed by atoms with Crippen molar-refractivity contribution >= 4 is 12.9 Å². The Kier molecular flexibility index (Phi) is 1.17. The number of rotatable bonds is 1. The lowest BCUT2D eigenvalue weighted by atomic mass is 9.92. The van der Waals surface area contributed by atoms with Crippen LogP contribution in [0.25, 0.3) is 0 Å². The van der Waals surface area contributed by atoms with Crippen LogP contribution in [0.1, 0.15) is 0 Å². The van der Waals surface area contributed by atoms with E-state index in [1.165, 1.54) is 0 Å². The lowest BCUT2D eigenvalue weighted by Crippen LogP contribution is -2.08. The maximum Gasteiger partial charge on any atom is 0.328 e. The molecule has 0 atom stereocenters. The zero-order valence-electron chi connectivity index (χ0n) is 3.76. The second-order valence-corrected chi connectivity index (χ2v) is 1.27. The van der Waals surface area contributed by atoms with Crippen LogP contribution < -0.4 is 5.46 Å². The molecule has 35 valence electrons. The van der Waals surface area contributed by atoms with Crippen LogP contribution in [0.5, 0.6) is 0 Å². The highest BCUT2D eigenvalue weighted by atomic mass is 16.2. The Bertz CT molecular complexity index is 126. The second kappa shape index (κ2) is 1.84. The molecule has 0 unspecified atom stereocenters. The number of hydrogen-bond acceptors (Lipinski definition) is 1. The Hall–Kier alpha value is -0.695. The van der Waals surface area contributed by atoms with Crippen molar-refractivity contribution in [3.8, 4) is 0 Å². The zero-order valence-corrected chi connectivity index (χ0v) is 3.76. The van der Waals surface area contributed by atoms with Crippen LogP contribution in [0, 0.1) is 0 Å². The van der Waals surface area contributed by atoms with Gasteiger partial charge in [-0.05, 0) is 17.7 Å². The fourth-order valence-electron chi connectivity index (χ4n) is 0.417. The minimum absolute atomic E-state index is 0.806. The van der Waals surface area contributed by atoms with Crippen molar-refractivity contribution < 1.29 is 5.02 Å². The van der Waals surface area contributed by atoms with Gasteiger partial charge in [-0.3, -0.25) is 0 Å². The average molecular weight is 93.9 g/mol. The van der Waals surface area contributed by atoms with Crippen molar-refractivity contribution in [1.82, 2.24) is 4.98 Å². The number of aromatic amines is 1. The Morgan fingerprint density at radius 2 is 2.57 bits per heavy atom. The van der Waals surface area contributed by atoms with Crippen molar-refractivity contribution in [2.75, 3.05) is 0 Å². The number of nitrogens with one attached hydrogen (secondary N) is 1. The monoisotopic (exact) mass is 94.0 g/mol. The third kappa shape index (κ3) is 0.840. The molecule has 1 aromatic rings. The summed E-state index contributed by atoms with van der Waals surface area (Å²) in [7, 11) is 1.05. The lowest BCUT2D eigenvalue weighted by molar-refractivity contribution is 0.615. The smallest absolute Gasteiger partial charge is 0.328 e. The molecule has 1 radical (unpaired) electrons. The molecule has 3 heteroatoms. The molecule has 2 nitrogen and oxygen atoms in total. The molecular weight excluding hydrogens is 88.9 g/mol. The largest absolute Gasteiger partial charge is 0.450 e. The van der Waals surface area contributed by atoms with Crippen LogP contribution in [0.15, 0.2) is 18.5 Å². The number of H-pyrrole nitrogens is 1. The highest BCUT2D eigenvalue weighted by Gasteiger charge is 1.87. The van der Waals surface area contributed by atoms with Gasteiger partial charge in [0.25, 0.3) is 0 Å². The molecule has 0 saturated heterocycles. The first-order chi connectivity index (χ1) is 3.43. The van der Waals surface area contributed by atoms with E-state index in [2.05, 4.69) is 4.98 Å². The Morgan fingerprint density at radius 3 is 2.86 bits per heavy atom. The van der Waals surface area contributed by atoms with Gasteiger partial charge in [0.1, 0.15) is 0 Å². The van der Waals surface area contributed by atoms with Gasteiger partial charge in [-0.1, -0.05) is 0 Å². The first-order valence-corrected chi connectivity index (χ1v) is 2.03. The molecule has 0 bridgehead atoms. The topological polar surface area (TPSA) is 36.0 Å². The van der Waals surface area contributed by atoms with Crippen molar-refractivity contribution in [3.63, 3.8) is 0 Å². The summed E-state index contributed by atoms with van der Waals surface area (Å²) in [5.74, 6) is 0. The summed E-state index contributed by atoms with van der Waals surface area (Å²) in [6, 6.07) is 1.78. The van der Waals surface area contributed by atoms with E-state index in [0.29, 0.717) is 0 Å². The van der Waals surface area contributed by atoms with Crippen LogP contribution in [0.2, 0.25) is 0 Å². The molecule has 0 spiro atoms. The van der Waals surface area contributed by atoms with E-state index < -0.39 is 0 Å². The summed E-state index contributed by atoms with van der Waals surface area (Å²) in [4.78, 5) is 2.79. The van der Waals surface area contributed by atoms with Gasteiger partial charge < -0.3 is 10.0 Å². The van der Waals surface area contributed by atoms with E-state index in [9.17, 15) is 0 Å². The normalized spacial score (nSPS) is 8.71. The zero-order chi connectivity index (χ0) is 5.11.